The number of carbonyl (C=O) groups is 1. The van der Waals surface area contributed by atoms with Gasteiger partial charge in [0.15, 0.2) is 22.9 Å². The van der Waals surface area contributed by atoms with Crippen LogP contribution in [0.2, 0.25) is 0 Å². The average Bonchev–Trinajstić information content (AvgIpc) is 2.95. The van der Waals surface area contributed by atoms with Crippen molar-refractivity contribution in [2.75, 3.05) is 21.3 Å². The predicted molar refractivity (Wildman–Crippen MR) is 90.9 cm³/mol. The quantitative estimate of drug-likeness (QED) is 0.640. The third-order valence-electron chi connectivity index (χ3n) is 3.88. The van der Waals surface area contributed by atoms with Crippen molar-refractivity contribution in [1.29, 1.82) is 0 Å². The second-order valence-corrected chi connectivity index (χ2v) is 5.28. The second kappa shape index (κ2) is 6.72. The van der Waals surface area contributed by atoms with Gasteiger partial charge in [0.25, 0.3) is 0 Å². The highest BCUT2D eigenvalue weighted by Crippen LogP contribution is 2.28. The van der Waals surface area contributed by atoms with Gasteiger partial charge < -0.3 is 18.6 Å². The van der Waals surface area contributed by atoms with Crippen LogP contribution in [0.3, 0.4) is 0 Å². The molecule has 3 rings (SSSR count). The van der Waals surface area contributed by atoms with Crippen LogP contribution < -0.4 is 20.0 Å². The Bertz CT molecular complexity index is 985. The Morgan fingerprint density at radius 3 is 2.44 bits per heavy atom. The molecule has 7 nitrogen and oxygen atoms in total. The third kappa shape index (κ3) is 3.08. The molecule has 3 aromatic rings. The lowest BCUT2D eigenvalue weighted by atomic mass is 10.1. The van der Waals surface area contributed by atoms with E-state index < -0.39 is 5.76 Å². The smallest absolute Gasteiger partial charge is 0.420 e. The lowest BCUT2D eigenvalue weighted by molar-refractivity contribution is 0.0970. The van der Waals surface area contributed by atoms with E-state index in [-0.39, 0.29) is 12.3 Å². The summed E-state index contributed by atoms with van der Waals surface area (Å²) >= 11 is 0. The van der Waals surface area contributed by atoms with Gasteiger partial charge in [0, 0.05) is 11.6 Å². The number of methoxy groups -OCH3 is 3. The maximum absolute atomic E-state index is 12.6. The molecule has 0 bridgehead atoms. The zero-order valence-corrected chi connectivity index (χ0v) is 14.1. The fraction of sp³-hybridized carbons (Fsp3) is 0.222. The Labute approximate surface area is 143 Å². The zero-order valence-electron chi connectivity index (χ0n) is 14.1. The molecular weight excluding hydrogens is 326 g/mol. The van der Waals surface area contributed by atoms with Crippen LogP contribution in [-0.4, -0.2) is 31.7 Å². The topological polar surface area (TPSA) is 79.9 Å². The fourth-order valence-electron chi connectivity index (χ4n) is 2.56. The van der Waals surface area contributed by atoms with Gasteiger partial charge in [0.05, 0.1) is 33.4 Å². The van der Waals surface area contributed by atoms with Crippen molar-refractivity contribution in [2.45, 2.75) is 6.54 Å². The maximum Gasteiger partial charge on any atom is 0.420 e. The minimum absolute atomic E-state index is 0.158. The molecule has 25 heavy (non-hydrogen) atoms. The number of Topliss-reactive ketones (excluding diaryl/α,β-unsaturated/α-hetero) is 1. The van der Waals surface area contributed by atoms with Crippen molar-refractivity contribution in [1.82, 2.24) is 4.57 Å². The van der Waals surface area contributed by atoms with Crippen LogP contribution >= 0.6 is 0 Å². The Kier molecular flexibility index (Phi) is 4.47. The second-order valence-electron chi connectivity index (χ2n) is 5.28. The molecule has 0 aliphatic rings. The molecule has 0 amide bonds. The van der Waals surface area contributed by atoms with E-state index in [4.69, 9.17) is 18.6 Å². The number of ketones is 1. The molecule has 130 valence electrons. The molecule has 1 aromatic heterocycles. The Hall–Kier alpha value is -3.22. The molecule has 0 spiro atoms. The van der Waals surface area contributed by atoms with Crippen LogP contribution in [0.25, 0.3) is 11.1 Å². The number of fused-ring (bicyclic) bond motifs is 1. The van der Waals surface area contributed by atoms with Crippen LogP contribution in [-0.2, 0) is 6.54 Å². The minimum atomic E-state index is -0.600. The number of hydrogen-bond donors (Lipinski definition) is 0. The monoisotopic (exact) mass is 343 g/mol. The molecule has 0 atom stereocenters. The van der Waals surface area contributed by atoms with Gasteiger partial charge in [0.1, 0.15) is 5.75 Å². The van der Waals surface area contributed by atoms with Crippen LogP contribution in [0.4, 0.5) is 0 Å². The number of rotatable bonds is 6. The van der Waals surface area contributed by atoms with E-state index >= 15 is 0 Å². The Morgan fingerprint density at radius 2 is 1.76 bits per heavy atom. The van der Waals surface area contributed by atoms with Gasteiger partial charge in [-0.1, -0.05) is 0 Å². The first-order valence-electron chi connectivity index (χ1n) is 7.50. The summed E-state index contributed by atoms with van der Waals surface area (Å²) in [6.07, 6.45) is 0. The molecule has 0 N–H and O–H groups in total. The van der Waals surface area contributed by atoms with Gasteiger partial charge in [-0.25, -0.2) is 4.79 Å². The van der Waals surface area contributed by atoms with Crippen molar-refractivity contribution in [3.05, 3.63) is 52.5 Å². The highest BCUT2D eigenvalue weighted by Gasteiger charge is 2.16. The lowest BCUT2D eigenvalue weighted by Crippen LogP contribution is -2.20. The third-order valence-corrected chi connectivity index (χ3v) is 3.88. The summed E-state index contributed by atoms with van der Waals surface area (Å²) in [6, 6.07) is 9.82. The number of benzene rings is 2. The lowest BCUT2D eigenvalue weighted by Gasteiger charge is -2.09. The molecule has 0 saturated heterocycles. The first kappa shape index (κ1) is 16.6. The van der Waals surface area contributed by atoms with Gasteiger partial charge in [-0.15, -0.1) is 0 Å². The predicted octanol–water partition coefficient (Wildman–Crippen LogP) is 2.50. The van der Waals surface area contributed by atoms with Gasteiger partial charge in [-0.05, 0) is 30.3 Å². The molecule has 0 saturated carbocycles. The molecule has 0 aliphatic heterocycles. The van der Waals surface area contributed by atoms with Crippen LogP contribution in [0.5, 0.6) is 17.2 Å². The Morgan fingerprint density at radius 1 is 1.00 bits per heavy atom. The van der Waals surface area contributed by atoms with Gasteiger partial charge in [0.2, 0.25) is 0 Å². The normalized spacial score (nSPS) is 10.7. The van der Waals surface area contributed by atoms with E-state index in [0.29, 0.717) is 33.9 Å². The summed E-state index contributed by atoms with van der Waals surface area (Å²) in [5.74, 6) is 0.681. The van der Waals surface area contributed by atoms with Crippen LogP contribution in [0.1, 0.15) is 10.4 Å². The van der Waals surface area contributed by atoms with Crippen molar-refractivity contribution in [2.24, 2.45) is 0 Å². The van der Waals surface area contributed by atoms with Crippen LogP contribution in [0.15, 0.2) is 45.6 Å². The number of aromatic nitrogens is 1. The summed E-state index contributed by atoms with van der Waals surface area (Å²) < 4.78 is 22.0. The van der Waals surface area contributed by atoms with E-state index in [1.807, 2.05) is 0 Å². The molecule has 0 aliphatic carbocycles. The number of hydrogen-bond acceptors (Lipinski definition) is 6. The SMILES string of the molecule is COc1ccc2oc(=O)n(CC(=O)c3ccc(OC)c(OC)c3)c2c1. The zero-order chi connectivity index (χ0) is 18.0. The molecule has 2 aromatic carbocycles. The molecule has 7 heteroatoms. The van der Waals surface area contributed by atoms with E-state index in [0.717, 1.165) is 0 Å². The largest absolute Gasteiger partial charge is 0.497 e. The fourth-order valence-corrected chi connectivity index (χ4v) is 2.56. The van der Waals surface area contributed by atoms with Crippen molar-refractivity contribution in [3.8, 4) is 17.2 Å². The highest BCUT2D eigenvalue weighted by atomic mass is 16.5. The van der Waals surface area contributed by atoms with E-state index in [1.165, 1.54) is 25.9 Å². The highest BCUT2D eigenvalue weighted by molar-refractivity contribution is 5.97. The van der Waals surface area contributed by atoms with E-state index in [9.17, 15) is 9.59 Å². The van der Waals surface area contributed by atoms with Gasteiger partial charge in [-0.3, -0.25) is 9.36 Å². The van der Waals surface area contributed by atoms with Gasteiger partial charge >= 0.3 is 5.76 Å². The van der Waals surface area contributed by atoms with Crippen molar-refractivity contribution >= 4 is 16.9 Å². The number of carbonyl (C=O) groups excluding carboxylic acids is 1. The molecular formula is C18H17NO6. The summed E-state index contributed by atoms with van der Waals surface area (Å²) in [5.41, 5.74) is 1.30. The Balaban J connectivity index is 1.97. The summed E-state index contributed by atoms with van der Waals surface area (Å²) in [5, 5.41) is 0. The van der Waals surface area contributed by atoms with Gasteiger partial charge in [-0.2, -0.15) is 0 Å². The number of nitrogens with zero attached hydrogens (tertiary/aromatic N) is 1. The first-order valence-corrected chi connectivity index (χ1v) is 7.50. The first-order chi connectivity index (χ1) is 12.1. The standard InChI is InChI=1S/C18H17NO6/c1-22-12-5-7-15-13(9-12)19(18(21)25-15)10-14(20)11-4-6-16(23-2)17(8-11)24-3/h4-9H,10H2,1-3H3. The average molecular weight is 343 g/mol. The minimum Gasteiger partial charge on any atom is -0.497 e. The molecule has 1 heterocycles. The van der Waals surface area contributed by atoms with E-state index in [2.05, 4.69) is 0 Å². The summed E-state index contributed by atoms with van der Waals surface area (Å²) in [6.45, 7) is -0.158. The summed E-state index contributed by atoms with van der Waals surface area (Å²) in [7, 11) is 4.54. The molecule has 0 unspecified atom stereocenters. The van der Waals surface area contributed by atoms with Crippen LogP contribution in [0, 0.1) is 0 Å². The number of oxazole rings is 1. The van der Waals surface area contributed by atoms with Crippen molar-refractivity contribution in [3.63, 3.8) is 0 Å². The molecule has 0 radical (unpaired) electrons. The molecule has 0 fully saturated rings. The van der Waals surface area contributed by atoms with E-state index in [1.54, 1.807) is 36.4 Å². The summed E-state index contributed by atoms with van der Waals surface area (Å²) in [4.78, 5) is 24.7. The maximum atomic E-state index is 12.6. The van der Waals surface area contributed by atoms with Crippen molar-refractivity contribution < 1.29 is 23.4 Å². The number of ether oxygens (including phenoxy) is 3.